The van der Waals surface area contributed by atoms with Crippen molar-refractivity contribution < 1.29 is 4.79 Å². The molecule has 6 nitrogen and oxygen atoms in total. The van der Waals surface area contributed by atoms with Crippen molar-refractivity contribution in [2.24, 2.45) is 10.8 Å². The van der Waals surface area contributed by atoms with Crippen molar-refractivity contribution in [3.05, 3.63) is 30.1 Å². The van der Waals surface area contributed by atoms with Gasteiger partial charge in [0, 0.05) is 0 Å². The second-order valence-corrected chi connectivity index (χ2v) is 3.28. The molecule has 0 saturated carbocycles. The van der Waals surface area contributed by atoms with Gasteiger partial charge in [0.05, 0.1) is 11.0 Å². The Morgan fingerprint density at radius 3 is 2.94 bits per heavy atom. The van der Waals surface area contributed by atoms with Crippen LogP contribution in [0.5, 0.6) is 0 Å². The van der Waals surface area contributed by atoms with Crippen LogP contribution in [0.25, 0.3) is 11.0 Å². The van der Waals surface area contributed by atoms with Crippen molar-refractivity contribution in [3.8, 4) is 0 Å². The Labute approximate surface area is 91.6 Å². The molecule has 1 aromatic carbocycles. The molecule has 6 heteroatoms. The lowest BCUT2D eigenvalue weighted by Gasteiger charge is -1.95. The standard InChI is InChI=1S/C10H11N5O/c1-6(14-15-10(11)16)9-12-7-4-2-3-5-8(7)13-9/h2-5H,1H3,(H,12,13)(H3,11,15,16)/b14-6+. The van der Waals surface area contributed by atoms with E-state index in [-0.39, 0.29) is 0 Å². The number of H-pyrrole nitrogens is 1. The number of amides is 2. The lowest BCUT2D eigenvalue weighted by Crippen LogP contribution is -2.25. The molecule has 0 aliphatic heterocycles. The van der Waals surface area contributed by atoms with Gasteiger partial charge in [-0.1, -0.05) is 12.1 Å². The van der Waals surface area contributed by atoms with Gasteiger partial charge < -0.3 is 10.7 Å². The molecule has 0 bridgehead atoms. The fraction of sp³-hybridized carbons (Fsp3) is 0.100. The van der Waals surface area contributed by atoms with Gasteiger partial charge in [-0.2, -0.15) is 5.10 Å². The molecule has 0 unspecified atom stereocenters. The van der Waals surface area contributed by atoms with Crippen LogP contribution in [0.4, 0.5) is 4.79 Å². The van der Waals surface area contributed by atoms with Gasteiger partial charge in [-0.3, -0.25) is 0 Å². The number of hydrogen-bond acceptors (Lipinski definition) is 3. The maximum absolute atomic E-state index is 10.5. The lowest BCUT2D eigenvalue weighted by molar-refractivity contribution is 0.249. The Kier molecular flexibility index (Phi) is 2.55. The zero-order chi connectivity index (χ0) is 11.5. The molecule has 1 aromatic heterocycles. The summed E-state index contributed by atoms with van der Waals surface area (Å²) in [5, 5.41) is 3.79. The van der Waals surface area contributed by atoms with E-state index in [9.17, 15) is 4.79 Å². The number of aromatic nitrogens is 2. The molecular formula is C10H11N5O. The molecule has 1 heterocycles. The van der Waals surface area contributed by atoms with E-state index < -0.39 is 6.03 Å². The highest BCUT2D eigenvalue weighted by Gasteiger charge is 2.04. The normalized spacial score (nSPS) is 11.7. The molecule has 16 heavy (non-hydrogen) atoms. The van der Waals surface area contributed by atoms with Crippen LogP contribution in [0.3, 0.4) is 0 Å². The van der Waals surface area contributed by atoms with E-state index in [0.29, 0.717) is 11.5 Å². The SMILES string of the molecule is C/C(=N\NC(N)=O)c1nc2ccccc2[nH]1. The Hall–Kier alpha value is -2.37. The number of nitrogens with zero attached hydrogens (tertiary/aromatic N) is 2. The first-order chi connectivity index (χ1) is 7.66. The van der Waals surface area contributed by atoms with Gasteiger partial charge in [-0.05, 0) is 19.1 Å². The van der Waals surface area contributed by atoms with Gasteiger partial charge in [0.15, 0.2) is 5.82 Å². The Morgan fingerprint density at radius 2 is 2.25 bits per heavy atom. The summed E-state index contributed by atoms with van der Waals surface area (Å²) in [6, 6.07) is 6.93. The summed E-state index contributed by atoms with van der Waals surface area (Å²) < 4.78 is 0. The molecule has 0 atom stereocenters. The van der Waals surface area contributed by atoms with Crippen molar-refractivity contribution in [1.82, 2.24) is 15.4 Å². The maximum Gasteiger partial charge on any atom is 0.332 e. The van der Waals surface area contributed by atoms with Gasteiger partial charge >= 0.3 is 6.03 Å². The van der Waals surface area contributed by atoms with Gasteiger partial charge in [0.1, 0.15) is 5.71 Å². The quantitative estimate of drug-likeness (QED) is 0.516. The largest absolute Gasteiger partial charge is 0.350 e. The zero-order valence-corrected chi connectivity index (χ0v) is 8.69. The minimum Gasteiger partial charge on any atom is -0.350 e. The van der Waals surface area contributed by atoms with Gasteiger partial charge in [0.2, 0.25) is 0 Å². The van der Waals surface area contributed by atoms with Crippen molar-refractivity contribution in [2.45, 2.75) is 6.92 Å². The summed E-state index contributed by atoms with van der Waals surface area (Å²) in [6.07, 6.45) is 0. The minimum absolute atomic E-state index is 0.565. The topological polar surface area (TPSA) is 96.2 Å². The van der Waals surface area contributed by atoms with E-state index in [1.807, 2.05) is 24.3 Å². The highest BCUT2D eigenvalue weighted by atomic mass is 16.2. The number of benzene rings is 1. The summed E-state index contributed by atoms with van der Waals surface area (Å²) in [4.78, 5) is 17.9. The number of nitrogens with two attached hydrogens (primary N) is 1. The summed E-state index contributed by atoms with van der Waals surface area (Å²) in [5.74, 6) is 0.606. The number of carbonyl (C=O) groups is 1. The Bertz CT molecular complexity index is 524. The summed E-state index contributed by atoms with van der Waals surface area (Å²) in [6.45, 7) is 1.73. The highest BCUT2D eigenvalue weighted by Crippen LogP contribution is 2.10. The van der Waals surface area contributed by atoms with Crippen LogP contribution in [-0.2, 0) is 0 Å². The van der Waals surface area contributed by atoms with Crippen molar-refractivity contribution in [3.63, 3.8) is 0 Å². The monoisotopic (exact) mass is 217 g/mol. The Balaban J connectivity index is 2.33. The zero-order valence-electron chi connectivity index (χ0n) is 8.69. The molecule has 0 saturated heterocycles. The van der Waals surface area contributed by atoms with Crippen LogP contribution in [0.15, 0.2) is 29.4 Å². The van der Waals surface area contributed by atoms with Crippen LogP contribution in [-0.4, -0.2) is 21.7 Å². The molecule has 0 radical (unpaired) electrons. The van der Waals surface area contributed by atoms with Crippen molar-refractivity contribution in [2.75, 3.05) is 0 Å². The third-order valence-electron chi connectivity index (χ3n) is 2.07. The third-order valence-corrected chi connectivity index (χ3v) is 2.07. The number of hydrogen-bond donors (Lipinski definition) is 3. The first-order valence-electron chi connectivity index (χ1n) is 4.71. The molecule has 2 amide bonds. The molecule has 82 valence electrons. The van der Waals surface area contributed by atoms with Gasteiger partial charge in [-0.25, -0.2) is 15.2 Å². The average Bonchev–Trinajstić information content (AvgIpc) is 2.69. The molecule has 4 N–H and O–H groups in total. The van der Waals surface area contributed by atoms with E-state index in [1.54, 1.807) is 6.92 Å². The van der Waals surface area contributed by atoms with E-state index in [1.165, 1.54) is 0 Å². The summed E-state index contributed by atoms with van der Waals surface area (Å²) in [5.41, 5.74) is 9.40. The van der Waals surface area contributed by atoms with E-state index in [2.05, 4.69) is 20.5 Å². The number of para-hydroxylation sites is 2. The fourth-order valence-corrected chi connectivity index (χ4v) is 1.32. The number of primary amides is 1. The van der Waals surface area contributed by atoms with E-state index in [4.69, 9.17) is 5.73 Å². The van der Waals surface area contributed by atoms with Crippen LogP contribution in [0.1, 0.15) is 12.7 Å². The number of imidazole rings is 1. The van der Waals surface area contributed by atoms with Gasteiger partial charge in [-0.15, -0.1) is 0 Å². The number of nitrogens with one attached hydrogen (secondary N) is 2. The van der Waals surface area contributed by atoms with E-state index >= 15 is 0 Å². The lowest BCUT2D eigenvalue weighted by atomic mass is 10.3. The first-order valence-corrected chi connectivity index (χ1v) is 4.71. The first kappa shape index (κ1) is 10.2. The van der Waals surface area contributed by atoms with E-state index in [0.717, 1.165) is 11.0 Å². The number of fused-ring (bicyclic) bond motifs is 1. The predicted octanol–water partition coefficient (Wildman–Crippen LogP) is 0.955. The predicted molar refractivity (Wildman–Crippen MR) is 61.0 cm³/mol. The number of urea groups is 1. The second-order valence-electron chi connectivity index (χ2n) is 3.28. The van der Waals surface area contributed by atoms with Crippen LogP contribution in [0, 0.1) is 0 Å². The summed E-state index contributed by atoms with van der Waals surface area (Å²) in [7, 11) is 0. The highest BCUT2D eigenvalue weighted by molar-refractivity contribution is 5.98. The maximum atomic E-state index is 10.5. The number of carbonyl (C=O) groups excluding carboxylic acids is 1. The number of hydrazone groups is 1. The van der Waals surface area contributed by atoms with Gasteiger partial charge in [0.25, 0.3) is 0 Å². The molecule has 0 spiro atoms. The Morgan fingerprint density at radius 1 is 1.50 bits per heavy atom. The molecule has 2 rings (SSSR count). The minimum atomic E-state index is -0.699. The molecular weight excluding hydrogens is 206 g/mol. The summed E-state index contributed by atoms with van der Waals surface area (Å²) >= 11 is 0. The molecule has 0 aliphatic carbocycles. The second kappa shape index (κ2) is 4.01. The van der Waals surface area contributed by atoms with Crippen molar-refractivity contribution >= 4 is 22.8 Å². The number of aromatic amines is 1. The average molecular weight is 217 g/mol. The van der Waals surface area contributed by atoms with Crippen LogP contribution < -0.4 is 11.2 Å². The molecule has 0 aliphatic rings. The smallest absolute Gasteiger partial charge is 0.332 e. The molecule has 2 aromatic rings. The van der Waals surface area contributed by atoms with Crippen LogP contribution in [0.2, 0.25) is 0 Å². The fourth-order valence-electron chi connectivity index (χ4n) is 1.32. The van der Waals surface area contributed by atoms with Crippen molar-refractivity contribution in [1.29, 1.82) is 0 Å². The third kappa shape index (κ3) is 2.00. The number of rotatable bonds is 2. The van der Waals surface area contributed by atoms with Crippen LogP contribution >= 0.6 is 0 Å². The molecule has 0 fully saturated rings.